The zero-order chi connectivity index (χ0) is 10.8. The smallest absolute Gasteiger partial charge is 0.194 e. The third kappa shape index (κ3) is 2.66. The van der Waals surface area contributed by atoms with Gasteiger partial charge in [0.15, 0.2) is 17.5 Å². The Morgan fingerprint density at radius 2 is 1.81 bits per heavy atom. The molecule has 1 aromatic rings. The van der Waals surface area contributed by atoms with Gasteiger partial charge in [-0.2, -0.15) is 0 Å². The predicted octanol–water partition coefficient (Wildman–Crippen LogP) is 2.19. The van der Waals surface area contributed by atoms with E-state index in [1.54, 1.807) is 0 Å². The van der Waals surface area contributed by atoms with Crippen molar-refractivity contribution in [3.8, 4) is 0 Å². The molecule has 16 heavy (non-hydrogen) atoms. The number of benzene rings is 1. The van der Waals surface area contributed by atoms with Gasteiger partial charge in [0.05, 0.1) is 19.3 Å². The minimum atomic E-state index is -1.43. The first-order valence-electron chi connectivity index (χ1n) is 4.64. The molecule has 0 aromatic heterocycles. The van der Waals surface area contributed by atoms with Crippen LogP contribution in [0.15, 0.2) is 12.1 Å². The molecule has 0 spiro atoms. The average molecular weight is 254 g/mol. The highest BCUT2D eigenvalue weighted by atomic mass is 35.5. The number of hydrogen-bond donors (Lipinski definition) is 1. The van der Waals surface area contributed by atoms with Crippen molar-refractivity contribution >= 4 is 12.4 Å². The van der Waals surface area contributed by atoms with Crippen LogP contribution < -0.4 is 5.32 Å². The van der Waals surface area contributed by atoms with Gasteiger partial charge < -0.3 is 10.1 Å². The van der Waals surface area contributed by atoms with Gasteiger partial charge in [-0.25, -0.2) is 13.2 Å². The van der Waals surface area contributed by atoms with Gasteiger partial charge in [0.2, 0.25) is 0 Å². The molecule has 0 saturated carbocycles. The Balaban J connectivity index is 0.00000128. The zero-order valence-electron chi connectivity index (χ0n) is 8.30. The van der Waals surface area contributed by atoms with E-state index in [4.69, 9.17) is 4.74 Å². The lowest BCUT2D eigenvalue weighted by molar-refractivity contribution is 0.0766. The van der Waals surface area contributed by atoms with Crippen LogP contribution >= 0.6 is 12.4 Å². The van der Waals surface area contributed by atoms with Crippen LogP contribution in [0.3, 0.4) is 0 Å². The van der Waals surface area contributed by atoms with Gasteiger partial charge in [0, 0.05) is 6.54 Å². The first kappa shape index (κ1) is 13.3. The first-order chi connectivity index (χ1) is 7.18. The lowest BCUT2D eigenvalue weighted by Crippen LogP contribution is -2.34. The maximum absolute atomic E-state index is 12.9. The molecule has 1 atom stereocenters. The van der Waals surface area contributed by atoms with Gasteiger partial charge in [-0.15, -0.1) is 12.4 Å². The second-order valence-corrected chi connectivity index (χ2v) is 3.38. The molecule has 1 aliphatic rings. The van der Waals surface area contributed by atoms with E-state index in [-0.39, 0.29) is 18.4 Å². The lowest BCUT2D eigenvalue weighted by Gasteiger charge is -2.24. The lowest BCUT2D eigenvalue weighted by atomic mass is 10.1. The van der Waals surface area contributed by atoms with Gasteiger partial charge in [0.1, 0.15) is 0 Å². The summed E-state index contributed by atoms with van der Waals surface area (Å²) in [6, 6.07) is 1.71. The summed E-state index contributed by atoms with van der Waals surface area (Å²) in [5.74, 6) is -3.77. The average Bonchev–Trinajstić information content (AvgIpc) is 2.26. The summed E-state index contributed by atoms with van der Waals surface area (Å²) in [6.07, 6.45) is 0. The predicted molar refractivity (Wildman–Crippen MR) is 55.1 cm³/mol. The van der Waals surface area contributed by atoms with Crippen molar-refractivity contribution in [2.45, 2.75) is 6.04 Å². The number of ether oxygens (including phenoxy) is 1. The number of nitrogens with one attached hydrogen (secondary N) is 1. The van der Waals surface area contributed by atoms with E-state index >= 15 is 0 Å². The maximum Gasteiger partial charge on any atom is 0.194 e. The summed E-state index contributed by atoms with van der Waals surface area (Å²) in [5.41, 5.74) is 0.367. The molecule has 1 heterocycles. The molecule has 0 radical (unpaired) electrons. The second-order valence-electron chi connectivity index (χ2n) is 3.38. The molecule has 1 N–H and O–H groups in total. The van der Waals surface area contributed by atoms with Crippen molar-refractivity contribution in [2.24, 2.45) is 0 Å². The van der Waals surface area contributed by atoms with Crippen LogP contribution in [0.4, 0.5) is 13.2 Å². The molecule has 1 aromatic carbocycles. The SMILES string of the molecule is Cl.Fc1cc([C@@H]2COCCN2)cc(F)c1F. The van der Waals surface area contributed by atoms with Crippen LogP contribution in [0.25, 0.3) is 0 Å². The number of rotatable bonds is 1. The second kappa shape index (κ2) is 5.52. The minimum Gasteiger partial charge on any atom is -0.378 e. The summed E-state index contributed by atoms with van der Waals surface area (Å²) in [6.45, 7) is 1.53. The third-order valence-electron chi connectivity index (χ3n) is 2.33. The summed E-state index contributed by atoms with van der Waals surface area (Å²) >= 11 is 0. The Morgan fingerprint density at radius 1 is 1.19 bits per heavy atom. The quantitative estimate of drug-likeness (QED) is 0.775. The van der Waals surface area contributed by atoms with Crippen LogP contribution in [0.1, 0.15) is 11.6 Å². The molecule has 2 rings (SSSR count). The highest BCUT2D eigenvalue weighted by Gasteiger charge is 2.19. The van der Waals surface area contributed by atoms with Gasteiger partial charge in [-0.3, -0.25) is 0 Å². The summed E-state index contributed by atoms with van der Waals surface area (Å²) in [7, 11) is 0. The molecule has 2 nitrogen and oxygen atoms in total. The van der Waals surface area contributed by atoms with Crippen LogP contribution in [0.2, 0.25) is 0 Å². The Labute approximate surface area is 97.2 Å². The van der Waals surface area contributed by atoms with Crippen molar-refractivity contribution < 1.29 is 17.9 Å². The Hall–Kier alpha value is -0.780. The molecular formula is C10H11ClF3NO. The molecule has 0 bridgehead atoms. The van der Waals surface area contributed by atoms with Crippen LogP contribution in [0, 0.1) is 17.5 Å². The van der Waals surface area contributed by atoms with E-state index in [2.05, 4.69) is 5.32 Å². The number of morpholine rings is 1. The zero-order valence-corrected chi connectivity index (χ0v) is 9.12. The first-order valence-corrected chi connectivity index (χ1v) is 4.64. The van der Waals surface area contributed by atoms with Crippen molar-refractivity contribution in [3.05, 3.63) is 35.1 Å². The molecule has 0 amide bonds. The molecule has 1 aliphatic heterocycles. The summed E-state index contributed by atoms with van der Waals surface area (Å²) < 4.78 is 43.6. The van der Waals surface area contributed by atoms with Crippen molar-refractivity contribution in [2.75, 3.05) is 19.8 Å². The Morgan fingerprint density at radius 3 is 2.31 bits per heavy atom. The van der Waals surface area contributed by atoms with E-state index in [0.29, 0.717) is 25.3 Å². The van der Waals surface area contributed by atoms with Crippen LogP contribution in [0.5, 0.6) is 0 Å². The van der Waals surface area contributed by atoms with E-state index in [1.165, 1.54) is 0 Å². The third-order valence-corrected chi connectivity index (χ3v) is 2.33. The fraction of sp³-hybridized carbons (Fsp3) is 0.400. The van der Waals surface area contributed by atoms with Crippen LogP contribution in [-0.4, -0.2) is 19.8 Å². The minimum absolute atomic E-state index is 0. The van der Waals surface area contributed by atoms with E-state index in [0.717, 1.165) is 12.1 Å². The largest absolute Gasteiger partial charge is 0.378 e. The Kier molecular flexibility index (Phi) is 4.58. The molecule has 90 valence electrons. The highest BCUT2D eigenvalue weighted by Crippen LogP contribution is 2.20. The van der Waals surface area contributed by atoms with Crippen molar-refractivity contribution in [1.82, 2.24) is 5.32 Å². The molecule has 6 heteroatoms. The number of hydrogen-bond acceptors (Lipinski definition) is 2. The van der Waals surface area contributed by atoms with Gasteiger partial charge in [-0.05, 0) is 17.7 Å². The molecule has 1 fully saturated rings. The molecule has 0 aliphatic carbocycles. The normalized spacial score (nSPS) is 20.3. The van der Waals surface area contributed by atoms with Gasteiger partial charge in [-0.1, -0.05) is 0 Å². The van der Waals surface area contributed by atoms with Gasteiger partial charge >= 0.3 is 0 Å². The monoisotopic (exact) mass is 253 g/mol. The van der Waals surface area contributed by atoms with E-state index in [9.17, 15) is 13.2 Å². The Bertz CT molecular complexity index is 346. The van der Waals surface area contributed by atoms with E-state index in [1.807, 2.05) is 0 Å². The maximum atomic E-state index is 12.9. The standard InChI is InChI=1S/C10H10F3NO.ClH/c11-7-3-6(4-8(12)10(7)13)9-5-15-2-1-14-9;/h3-4,9,14H,1-2,5H2;1H/t9-;/m0./s1. The highest BCUT2D eigenvalue weighted by molar-refractivity contribution is 5.85. The fourth-order valence-electron chi connectivity index (χ4n) is 1.56. The molecule has 0 unspecified atom stereocenters. The number of halogens is 4. The summed E-state index contributed by atoms with van der Waals surface area (Å²) in [4.78, 5) is 0. The fourth-order valence-corrected chi connectivity index (χ4v) is 1.56. The van der Waals surface area contributed by atoms with Crippen LogP contribution in [-0.2, 0) is 4.74 Å². The topological polar surface area (TPSA) is 21.3 Å². The van der Waals surface area contributed by atoms with E-state index < -0.39 is 17.5 Å². The van der Waals surface area contributed by atoms with Crippen molar-refractivity contribution in [1.29, 1.82) is 0 Å². The molecule has 1 saturated heterocycles. The van der Waals surface area contributed by atoms with Crippen molar-refractivity contribution in [3.63, 3.8) is 0 Å². The molecular weight excluding hydrogens is 243 g/mol. The van der Waals surface area contributed by atoms with Gasteiger partial charge in [0.25, 0.3) is 0 Å². The summed E-state index contributed by atoms with van der Waals surface area (Å²) in [5, 5.41) is 3.03.